The summed E-state index contributed by atoms with van der Waals surface area (Å²) in [6.07, 6.45) is 4.67. The number of hydrogen-bond acceptors (Lipinski definition) is 4. The van der Waals surface area contributed by atoms with Crippen molar-refractivity contribution in [3.63, 3.8) is 0 Å². The topological polar surface area (TPSA) is 72.7 Å². The van der Waals surface area contributed by atoms with Gasteiger partial charge in [0.05, 0.1) is 35.2 Å². The van der Waals surface area contributed by atoms with Crippen LogP contribution >= 0.6 is 0 Å². The molecule has 3 heterocycles. The zero-order valence-corrected chi connectivity index (χ0v) is 14.6. The molecule has 0 aliphatic rings. The number of pyridine rings is 2. The van der Waals surface area contributed by atoms with Crippen molar-refractivity contribution in [2.24, 2.45) is 7.05 Å². The monoisotopic (exact) mass is 361 g/mol. The van der Waals surface area contributed by atoms with E-state index in [-0.39, 0.29) is 12.3 Å². The lowest BCUT2D eigenvalue weighted by Gasteiger charge is -2.09. The Morgan fingerprint density at radius 1 is 1.19 bits per heavy atom. The summed E-state index contributed by atoms with van der Waals surface area (Å²) < 4.78 is 15.1. The molecule has 3 aromatic heterocycles. The van der Waals surface area contributed by atoms with Crippen molar-refractivity contribution in [1.29, 1.82) is 0 Å². The Bertz CT molecular complexity index is 1140. The summed E-state index contributed by atoms with van der Waals surface area (Å²) in [7, 11) is 1.80. The number of anilines is 1. The molecule has 0 bridgehead atoms. The maximum absolute atomic E-state index is 13.5. The maximum Gasteiger partial charge on any atom is 0.230 e. The number of nitrogens with zero attached hydrogens (tertiary/aromatic N) is 4. The molecule has 0 aliphatic heterocycles. The van der Waals surface area contributed by atoms with Crippen LogP contribution in [0.3, 0.4) is 0 Å². The highest BCUT2D eigenvalue weighted by atomic mass is 19.1. The number of carbonyl (C=O) groups is 1. The van der Waals surface area contributed by atoms with E-state index >= 15 is 0 Å². The molecule has 1 N–H and O–H groups in total. The van der Waals surface area contributed by atoms with Gasteiger partial charge in [0.25, 0.3) is 0 Å². The maximum atomic E-state index is 13.5. The Morgan fingerprint density at radius 2 is 2.07 bits per heavy atom. The average Bonchev–Trinajstić information content (AvgIpc) is 3.06. The van der Waals surface area contributed by atoms with Crippen LogP contribution in [-0.4, -0.2) is 25.7 Å². The van der Waals surface area contributed by atoms with E-state index in [1.807, 2.05) is 18.2 Å². The first-order valence-electron chi connectivity index (χ1n) is 8.37. The summed E-state index contributed by atoms with van der Waals surface area (Å²) in [4.78, 5) is 20.9. The number of halogens is 1. The van der Waals surface area contributed by atoms with Crippen LogP contribution in [0.5, 0.6) is 0 Å². The summed E-state index contributed by atoms with van der Waals surface area (Å²) in [6.45, 7) is 0. The number of aromatic nitrogens is 4. The van der Waals surface area contributed by atoms with Gasteiger partial charge in [-0.3, -0.25) is 14.5 Å². The molecule has 0 fully saturated rings. The fraction of sp³-hybridized carbons (Fsp3) is 0.100. The highest BCUT2D eigenvalue weighted by molar-refractivity contribution is 6.01. The molecule has 6 nitrogen and oxygen atoms in total. The third-order valence-corrected chi connectivity index (χ3v) is 4.11. The Labute approximate surface area is 154 Å². The first-order chi connectivity index (χ1) is 13.1. The van der Waals surface area contributed by atoms with Gasteiger partial charge in [0.1, 0.15) is 5.82 Å². The number of amides is 1. The number of benzene rings is 1. The molecule has 4 rings (SSSR count). The summed E-state index contributed by atoms with van der Waals surface area (Å²) in [5.74, 6) is -0.604. The lowest BCUT2D eigenvalue weighted by atomic mass is 10.1. The fourth-order valence-corrected chi connectivity index (χ4v) is 2.88. The van der Waals surface area contributed by atoms with Gasteiger partial charge in [-0.05, 0) is 24.3 Å². The number of fused-ring (bicyclic) bond motifs is 1. The van der Waals surface area contributed by atoms with Gasteiger partial charge in [-0.15, -0.1) is 0 Å². The minimum atomic E-state index is -0.425. The van der Waals surface area contributed by atoms with E-state index in [9.17, 15) is 9.18 Å². The Hall–Kier alpha value is -3.61. The van der Waals surface area contributed by atoms with Gasteiger partial charge in [-0.1, -0.05) is 18.2 Å². The molecular formula is C20H16FN5O. The lowest BCUT2D eigenvalue weighted by molar-refractivity contribution is -0.115. The standard InChI is InChI=1S/C20H16FN5O/c1-26-8-7-16(25-26)10-19(27)23-18-4-2-3-13-5-6-17(24-20(13)18)14-9-15(21)12-22-11-14/h2-9,11-12H,10H2,1H3,(H,23,27). The van der Waals surface area contributed by atoms with E-state index in [0.717, 1.165) is 11.6 Å². The van der Waals surface area contributed by atoms with Gasteiger partial charge in [0.15, 0.2) is 0 Å². The fourth-order valence-electron chi connectivity index (χ4n) is 2.88. The molecule has 0 radical (unpaired) electrons. The highest BCUT2D eigenvalue weighted by Crippen LogP contribution is 2.26. The van der Waals surface area contributed by atoms with Crippen molar-refractivity contribution in [2.45, 2.75) is 6.42 Å². The smallest absolute Gasteiger partial charge is 0.230 e. The molecule has 0 saturated carbocycles. The SMILES string of the molecule is Cn1ccc(CC(=O)Nc2cccc3ccc(-c4cncc(F)c4)nc23)n1. The third kappa shape index (κ3) is 3.67. The predicted octanol–water partition coefficient (Wildman–Crippen LogP) is 3.35. The average molecular weight is 361 g/mol. The number of nitrogens with one attached hydrogen (secondary N) is 1. The molecule has 1 amide bonds. The Kier molecular flexibility index (Phi) is 4.33. The molecule has 1 aromatic carbocycles. The molecule has 0 spiro atoms. The van der Waals surface area contributed by atoms with Crippen LogP contribution in [0.25, 0.3) is 22.2 Å². The lowest BCUT2D eigenvalue weighted by Crippen LogP contribution is -2.15. The zero-order valence-electron chi connectivity index (χ0n) is 14.6. The quantitative estimate of drug-likeness (QED) is 0.605. The second-order valence-electron chi connectivity index (χ2n) is 6.17. The number of rotatable bonds is 4. The zero-order chi connectivity index (χ0) is 18.8. The van der Waals surface area contributed by atoms with Crippen molar-refractivity contribution in [3.05, 3.63) is 72.6 Å². The second-order valence-corrected chi connectivity index (χ2v) is 6.17. The largest absolute Gasteiger partial charge is 0.324 e. The molecule has 134 valence electrons. The Balaban J connectivity index is 1.66. The molecule has 0 atom stereocenters. The molecule has 27 heavy (non-hydrogen) atoms. The van der Waals surface area contributed by atoms with Crippen LogP contribution in [0.2, 0.25) is 0 Å². The van der Waals surface area contributed by atoms with Gasteiger partial charge >= 0.3 is 0 Å². The summed E-state index contributed by atoms with van der Waals surface area (Å²) in [5, 5.41) is 7.98. The molecule has 7 heteroatoms. The van der Waals surface area contributed by atoms with Gasteiger partial charge in [-0.2, -0.15) is 5.10 Å². The number of carbonyl (C=O) groups excluding carboxylic acids is 1. The van der Waals surface area contributed by atoms with Crippen LogP contribution in [0, 0.1) is 5.82 Å². The van der Waals surface area contributed by atoms with Crippen LogP contribution < -0.4 is 5.32 Å². The van der Waals surface area contributed by atoms with Crippen LogP contribution in [0.4, 0.5) is 10.1 Å². The summed E-state index contributed by atoms with van der Waals surface area (Å²) in [6, 6.07) is 12.4. The minimum Gasteiger partial charge on any atom is -0.324 e. The van der Waals surface area contributed by atoms with Crippen molar-refractivity contribution in [2.75, 3.05) is 5.32 Å². The van der Waals surface area contributed by atoms with Gasteiger partial charge < -0.3 is 5.32 Å². The molecule has 4 aromatic rings. The minimum absolute atomic E-state index is 0.171. The molecular weight excluding hydrogens is 345 g/mol. The van der Waals surface area contributed by atoms with Crippen molar-refractivity contribution in [3.8, 4) is 11.3 Å². The predicted molar refractivity (Wildman–Crippen MR) is 100 cm³/mol. The molecule has 0 saturated heterocycles. The summed E-state index contributed by atoms with van der Waals surface area (Å²) in [5.41, 5.74) is 3.08. The van der Waals surface area contributed by atoms with Crippen LogP contribution in [0.1, 0.15) is 5.69 Å². The number of aryl methyl sites for hydroxylation is 1. The summed E-state index contributed by atoms with van der Waals surface area (Å²) >= 11 is 0. The van der Waals surface area contributed by atoms with E-state index in [2.05, 4.69) is 20.4 Å². The van der Waals surface area contributed by atoms with Crippen molar-refractivity contribution in [1.82, 2.24) is 19.7 Å². The van der Waals surface area contributed by atoms with Gasteiger partial charge in [0.2, 0.25) is 5.91 Å². The Morgan fingerprint density at radius 3 is 2.85 bits per heavy atom. The molecule has 0 aliphatic carbocycles. The van der Waals surface area contributed by atoms with Crippen molar-refractivity contribution >= 4 is 22.5 Å². The van der Waals surface area contributed by atoms with E-state index in [4.69, 9.17) is 0 Å². The number of hydrogen-bond donors (Lipinski definition) is 1. The second kappa shape index (κ2) is 6.95. The molecule has 0 unspecified atom stereocenters. The van der Waals surface area contributed by atoms with Gasteiger partial charge in [0, 0.05) is 30.4 Å². The van der Waals surface area contributed by atoms with Crippen molar-refractivity contribution < 1.29 is 9.18 Å². The van der Waals surface area contributed by atoms with E-state index in [0.29, 0.717) is 28.2 Å². The van der Waals surface area contributed by atoms with E-state index < -0.39 is 5.82 Å². The first-order valence-corrected chi connectivity index (χ1v) is 8.37. The number of para-hydroxylation sites is 1. The normalized spacial score (nSPS) is 10.9. The first kappa shape index (κ1) is 16.8. The van der Waals surface area contributed by atoms with E-state index in [1.54, 1.807) is 42.3 Å². The van der Waals surface area contributed by atoms with Crippen LogP contribution in [0.15, 0.2) is 61.1 Å². The third-order valence-electron chi connectivity index (χ3n) is 4.11. The highest BCUT2D eigenvalue weighted by Gasteiger charge is 2.11. The van der Waals surface area contributed by atoms with E-state index in [1.165, 1.54) is 6.07 Å². The van der Waals surface area contributed by atoms with Crippen LogP contribution in [-0.2, 0) is 18.3 Å². The van der Waals surface area contributed by atoms with Gasteiger partial charge in [-0.25, -0.2) is 9.37 Å².